The van der Waals surface area contributed by atoms with E-state index in [9.17, 15) is 9.59 Å². The first-order valence-electron chi connectivity index (χ1n) is 6.28. The average molecular weight is 224 g/mol. The Balaban J connectivity index is 2.71. The second kappa shape index (κ2) is 4.68. The molecule has 0 radical (unpaired) electrons. The summed E-state index contributed by atoms with van der Waals surface area (Å²) in [7, 11) is 0. The Labute approximate surface area is 98.8 Å². The van der Waals surface area contributed by atoms with Crippen LogP contribution in [0.15, 0.2) is 0 Å². The zero-order valence-electron chi connectivity index (χ0n) is 11.1. The van der Waals surface area contributed by atoms with Crippen LogP contribution in [0.3, 0.4) is 0 Å². The summed E-state index contributed by atoms with van der Waals surface area (Å²) >= 11 is 0. The predicted molar refractivity (Wildman–Crippen MR) is 65.3 cm³/mol. The first-order chi connectivity index (χ1) is 7.25. The van der Waals surface area contributed by atoms with E-state index in [1.807, 2.05) is 6.92 Å². The van der Waals surface area contributed by atoms with Gasteiger partial charge in [-0.05, 0) is 31.6 Å². The van der Waals surface area contributed by atoms with Crippen LogP contribution in [0.5, 0.6) is 0 Å². The molecule has 2 heteroatoms. The van der Waals surface area contributed by atoms with Gasteiger partial charge >= 0.3 is 0 Å². The van der Waals surface area contributed by atoms with E-state index in [4.69, 9.17) is 0 Å². The van der Waals surface area contributed by atoms with Crippen LogP contribution in [0.4, 0.5) is 0 Å². The smallest absolute Gasteiger partial charge is 0.139 e. The van der Waals surface area contributed by atoms with E-state index in [0.29, 0.717) is 18.6 Å². The molecule has 0 aliphatic heterocycles. The fourth-order valence-electron chi connectivity index (χ4n) is 2.55. The molecule has 92 valence electrons. The van der Waals surface area contributed by atoms with Crippen molar-refractivity contribution >= 4 is 11.6 Å². The number of carbonyl (C=O) groups is 2. The maximum Gasteiger partial charge on any atom is 0.139 e. The molecule has 1 saturated carbocycles. The minimum absolute atomic E-state index is 0.144. The fourth-order valence-corrected chi connectivity index (χ4v) is 2.55. The third kappa shape index (κ3) is 3.43. The molecule has 2 nitrogen and oxygen atoms in total. The summed E-state index contributed by atoms with van der Waals surface area (Å²) in [4.78, 5) is 23.3. The molecule has 0 saturated heterocycles. The van der Waals surface area contributed by atoms with E-state index in [0.717, 1.165) is 25.7 Å². The lowest BCUT2D eigenvalue weighted by atomic mass is 9.75. The maximum atomic E-state index is 12.3. The normalized spacial score (nSPS) is 29.9. The Morgan fingerprint density at radius 3 is 2.44 bits per heavy atom. The first kappa shape index (κ1) is 13.4. The Hall–Kier alpha value is -0.660. The van der Waals surface area contributed by atoms with Gasteiger partial charge < -0.3 is 4.79 Å². The van der Waals surface area contributed by atoms with Crippen LogP contribution in [0.2, 0.25) is 0 Å². The lowest BCUT2D eigenvalue weighted by molar-refractivity contribution is -0.130. The van der Waals surface area contributed by atoms with E-state index in [1.165, 1.54) is 0 Å². The standard InChI is InChI=1S/C14H24O2/c1-11(15)6-9-14(4)8-5-7-13(2,3)10-12(14)16/h5-10H2,1-4H3. The Morgan fingerprint density at radius 2 is 1.88 bits per heavy atom. The summed E-state index contributed by atoms with van der Waals surface area (Å²) in [5.74, 6) is 0.550. The highest BCUT2D eigenvalue weighted by Crippen LogP contribution is 2.42. The van der Waals surface area contributed by atoms with Crippen LogP contribution in [0, 0.1) is 10.8 Å². The van der Waals surface area contributed by atoms with Crippen molar-refractivity contribution in [3.63, 3.8) is 0 Å². The highest BCUT2D eigenvalue weighted by atomic mass is 16.1. The van der Waals surface area contributed by atoms with Crippen molar-refractivity contribution in [2.75, 3.05) is 0 Å². The average Bonchev–Trinajstić information content (AvgIpc) is 2.22. The first-order valence-corrected chi connectivity index (χ1v) is 6.28. The molecule has 0 aromatic rings. The van der Waals surface area contributed by atoms with Gasteiger partial charge in [0.05, 0.1) is 0 Å². The Bertz CT molecular complexity index is 291. The molecule has 0 aromatic heterocycles. The van der Waals surface area contributed by atoms with Crippen LogP contribution in [-0.2, 0) is 9.59 Å². The van der Waals surface area contributed by atoms with Gasteiger partial charge in [0.1, 0.15) is 11.6 Å². The Morgan fingerprint density at radius 1 is 1.25 bits per heavy atom. The number of carbonyl (C=O) groups excluding carboxylic acids is 2. The van der Waals surface area contributed by atoms with Crippen molar-refractivity contribution in [3.05, 3.63) is 0 Å². The minimum Gasteiger partial charge on any atom is -0.300 e. The highest BCUT2D eigenvalue weighted by Gasteiger charge is 2.38. The molecule has 0 aromatic carbocycles. The lowest BCUT2D eigenvalue weighted by Gasteiger charge is -2.27. The number of ketones is 2. The third-order valence-electron chi connectivity index (χ3n) is 3.92. The largest absolute Gasteiger partial charge is 0.300 e. The second-order valence-corrected chi connectivity index (χ2v) is 6.38. The SMILES string of the molecule is CC(=O)CCC1(C)CCCC(C)(C)CC1=O. The van der Waals surface area contributed by atoms with Crippen molar-refractivity contribution in [2.24, 2.45) is 10.8 Å². The van der Waals surface area contributed by atoms with Gasteiger partial charge in [-0.15, -0.1) is 0 Å². The second-order valence-electron chi connectivity index (χ2n) is 6.38. The Kier molecular flexibility index (Phi) is 3.92. The van der Waals surface area contributed by atoms with E-state index < -0.39 is 0 Å². The van der Waals surface area contributed by atoms with Gasteiger partial charge in [0.15, 0.2) is 0 Å². The highest BCUT2D eigenvalue weighted by molar-refractivity contribution is 5.86. The van der Waals surface area contributed by atoms with Crippen LogP contribution >= 0.6 is 0 Å². The van der Waals surface area contributed by atoms with Crippen molar-refractivity contribution < 1.29 is 9.59 Å². The van der Waals surface area contributed by atoms with Gasteiger partial charge in [-0.2, -0.15) is 0 Å². The zero-order chi connectivity index (χ0) is 12.4. The molecule has 1 fully saturated rings. The third-order valence-corrected chi connectivity index (χ3v) is 3.92. The van der Waals surface area contributed by atoms with Crippen LogP contribution in [0.1, 0.15) is 66.2 Å². The van der Waals surface area contributed by atoms with E-state index in [-0.39, 0.29) is 16.6 Å². The van der Waals surface area contributed by atoms with Gasteiger partial charge in [0, 0.05) is 18.3 Å². The fraction of sp³-hybridized carbons (Fsp3) is 0.857. The monoisotopic (exact) mass is 224 g/mol. The molecule has 0 amide bonds. The summed E-state index contributed by atoms with van der Waals surface area (Å²) in [6.45, 7) is 7.98. The molecule has 1 aliphatic carbocycles. The van der Waals surface area contributed by atoms with Crippen molar-refractivity contribution in [3.8, 4) is 0 Å². The molecule has 1 unspecified atom stereocenters. The molecular weight excluding hydrogens is 200 g/mol. The van der Waals surface area contributed by atoms with Gasteiger partial charge in [0.25, 0.3) is 0 Å². The lowest BCUT2D eigenvalue weighted by Crippen LogP contribution is -2.29. The van der Waals surface area contributed by atoms with Gasteiger partial charge in [-0.3, -0.25) is 4.79 Å². The molecule has 0 N–H and O–H groups in total. The summed E-state index contributed by atoms with van der Waals surface area (Å²) in [6.07, 6.45) is 5.12. The summed E-state index contributed by atoms with van der Waals surface area (Å²) in [5.41, 5.74) is -0.107. The zero-order valence-corrected chi connectivity index (χ0v) is 11.1. The van der Waals surface area contributed by atoms with Gasteiger partial charge in [-0.25, -0.2) is 0 Å². The molecule has 1 atom stereocenters. The van der Waals surface area contributed by atoms with Crippen molar-refractivity contribution in [1.29, 1.82) is 0 Å². The summed E-state index contributed by atoms with van der Waals surface area (Å²) < 4.78 is 0. The van der Waals surface area contributed by atoms with E-state index in [1.54, 1.807) is 6.92 Å². The maximum absolute atomic E-state index is 12.3. The molecule has 0 bridgehead atoms. The topological polar surface area (TPSA) is 34.1 Å². The quantitative estimate of drug-likeness (QED) is 0.687. The number of hydrogen-bond donors (Lipinski definition) is 0. The summed E-state index contributed by atoms with van der Waals surface area (Å²) in [6, 6.07) is 0. The van der Waals surface area contributed by atoms with Crippen molar-refractivity contribution in [2.45, 2.75) is 66.2 Å². The van der Waals surface area contributed by atoms with E-state index in [2.05, 4.69) is 13.8 Å². The summed E-state index contributed by atoms with van der Waals surface area (Å²) in [5, 5.41) is 0. The van der Waals surface area contributed by atoms with Crippen LogP contribution in [0.25, 0.3) is 0 Å². The number of Topliss-reactive ketones (excluding diaryl/α,β-unsaturated/α-hetero) is 2. The van der Waals surface area contributed by atoms with Crippen molar-refractivity contribution in [1.82, 2.24) is 0 Å². The molecule has 0 spiro atoms. The molecule has 1 aliphatic rings. The minimum atomic E-state index is -0.251. The van der Waals surface area contributed by atoms with Crippen LogP contribution < -0.4 is 0 Å². The molecule has 1 rings (SSSR count). The van der Waals surface area contributed by atoms with Gasteiger partial charge in [0.2, 0.25) is 0 Å². The van der Waals surface area contributed by atoms with E-state index >= 15 is 0 Å². The molecule has 0 heterocycles. The number of rotatable bonds is 3. The van der Waals surface area contributed by atoms with Gasteiger partial charge in [-0.1, -0.05) is 27.2 Å². The van der Waals surface area contributed by atoms with Crippen LogP contribution in [-0.4, -0.2) is 11.6 Å². The molecule has 16 heavy (non-hydrogen) atoms. The predicted octanol–water partition coefficient (Wildman–Crippen LogP) is 3.53. The number of hydrogen-bond acceptors (Lipinski definition) is 2. The molecular formula is C14H24O2.